The number of ether oxygens (including phenoxy) is 1. The van der Waals surface area contributed by atoms with Crippen LogP contribution in [0.4, 0.5) is 0 Å². The van der Waals surface area contributed by atoms with Crippen LogP contribution in [0.3, 0.4) is 0 Å². The van der Waals surface area contributed by atoms with E-state index < -0.39 is 0 Å². The molecule has 1 fully saturated rings. The third-order valence-corrected chi connectivity index (χ3v) is 5.59. The van der Waals surface area contributed by atoms with Crippen molar-refractivity contribution in [2.75, 3.05) is 6.61 Å². The van der Waals surface area contributed by atoms with E-state index in [1.165, 1.54) is 40.7 Å². The molecule has 124 valence electrons. The lowest BCUT2D eigenvalue weighted by atomic mass is 9.97. The van der Waals surface area contributed by atoms with Gasteiger partial charge in [-0.05, 0) is 61.3 Å². The largest absolute Gasteiger partial charge is 0.377 e. The SMILES string of the molecule is Cc1ccc(-c2ccc(CCOC3CC4C=CC3C4)cc2)c(C)c1. The summed E-state index contributed by atoms with van der Waals surface area (Å²) in [5.41, 5.74) is 6.66. The molecule has 0 aliphatic heterocycles. The molecule has 0 N–H and O–H groups in total. The summed E-state index contributed by atoms with van der Waals surface area (Å²) in [6.07, 6.45) is 8.75. The molecular weight excluding hydrogens is 292 g/mol. The van der Waals surface area contributed by atoms with Gasteiger partial charge in [0, 0.05) is 5.92 Å². The standard InChI is InChI=1S/C23H26O/c1-16-3-10-22(17(2)13-16)20-7-4-18(5-8-20)11-12-24-23-15-19-6-9-21(23)14-19/h3-10,13,19,21,23H,11-12,14-15H2,1-2H3. The molecule has 2 aromatic carbocycles. The van der Waals surface area contributed by atoms with Gasteiger partial charge in [0.25, 0.3) is 0 Å². The van der Waals surface area contributed by atoms with Gasteiger partial charge in [0.15, 0.2) is 0 Å². The minimum absolute atomic E-state index is 0.467. The van der Waals surface area contributed by atoms with Crippen LogP contribution in [0.25, 0.3) is 11.1 Å². The Morgan fingerprint density at radius 1 is 0.958 bits per heavy atom. The van der Waals surface area contributed by atoms with Gasteiger partial charge in [-0.1, -0.05) is 60.2 Å². The van der Waals surface area contributed by atoms with E-state index in [-0.39, 0.29) is 0 Å². The van der Waals surface area contributed by atoms with Crippen LogP contribution in [0.15, 0.2) is 54.6 Å². The van der Waals surface area contributed by atoms with Crippen molar-refractivity contribution in [2.45, 2.75) is 39.2 Å². The average Bonchev–Trinajstić information content (AvgIpc) is 3.19. The fourth-order valence-electron chi connectivity index (χ4n) is 4.24. The molecule has 1 saturated carbocycles. The van der Waals surface area contributed by atoms with E-state index in [9.17, 15) is 0 Å². The van der Waals surface area contributed by atoms with Crippen molar-refractivity contribution in [2.24, 2.45) is 11.8 Å². The quantitative estimate of drug-likeness (QED) is 0.662. The Balaban J connectivity index is 1.35. The van der Waals surface area contributed by atoms with Crippen LogP contribution in [0.5, 0.6) is 0 Å². The predicted molar refractivity (Wildman–Crippen MR) is 100 cm³/mol. The Bertz CT molecular complexity index is 741. The molecule has 2 aromatic rings. The topological polar surface area (TPSA) is 9.23 Å². The Hall–Kier alpha value is -1.86. The summed E-state index contributed by atoms with van der Waals surface area (Å²) < 4.78 is 6.14. The normalized spacial score (nSPS) is 24.7. The highest BCUT2D eigenvalue weighted by Gasteiger charge is 2.35. The lowest BCUT2D eigenvalue weighted by molar-refractivity contribution is 0.0386. The van der Waals surface area contributed by atoms with E-state index in [0.717, 1.165) is 18.9 Å². The molecule has 0 heterocycles. The van der Waals surface area contributed by atoms with Crippen LogP contribution in [0.1, 0.15) is 29.5 Å². The van der Waals surface area contributed by atoms with Crippen molar-refractivity contribution in [3.05, 3.63) is 71.3 Å². The number of benzene rings is 2. The van der Waals surface area contributed by atoms with Gasteiger partial charge < -0.3 is 4.74 Å². The van der Waals surface area contributed by atoms with E-state index >= 15 is 0 Å². The maximum Gasteiger partial charge on any atom is 0.0643 e. The second kappa shape index (κ2) is 6.57. The van der Waals surface area contributed by atoms with E-state index in [0.29, 0.717) is 12.0 Å². The molecule has 2 aliphatic rings. The summed E-state index contributed by atoms with van der Waals surface area (Å²) in [5, 5.41) is 0. The van der Waals surface area contributed by atoms with E-state index in [4.69, 9.17) is 4.74 Å². The molecule has 1 nitrogen and oxygen atoms in total. The van der Waals surface area contributed by atoms with Crippen molar-refractivity contribution in [3.8, 4) is 11.1 Å². The zero-order chi connectivity index (χ0) is 16.5. The van der Waals surface area contributed by atoms with Crippen LogP contribution in [0.2, 0.25) is 0 Å². The minimum Gasteiger partial charge on any atom is -0.377 e. The highest BCUT2D eigenvalue weighted by Crippen LogP contribution is 2.40. The van der Waals surface area contributed by atoms with Gasteiger partial charge in [-0.3, -0.25) is 0 Å². The first-order valence-corrected chi connectivity index (χ1v) is 9.15. The van der Waals surface area contributed by atoms with Gasteiger partial charge in [-0.15, -0.1) is 0 Å². The summed E-state index contributed by atoms with van der Waals surface area (Å²) in [6, 6.07) is 15.7. The molecule has 2 aliphatic carbocycles. The van der Waals surface area contributed by atoms with Gasteiger partial charge in [-0.2, -0.15) is 0 Å². The number of hydrogen-bond donors (Lipinski definition) is 0. The summed E-state index contributed by atoms with van der Waals surface area (Å²) in [4.78, 5) is 0. The lowest BCUT2D eigenvalue weighted by Crippen LogP contribution is -2.19. The van der Waals surface area contributed by atoms with Crippen molar-refractivity contribution in [1.29, 1.82) is 0 Å². The maximum atomic E-state index is 6.14. The van der Waals surface area contributed by atoms with Crippen LogP contribution < -0.4 is 0 Å². The Kier molecular flexibility index (Phi) is 4.28. The number of aryl methyl sites for hydroxylation is 2. The first-order valence-electron chi connectivity index (χ1n) is 9.15. The van der Waals surface area contributed by atoms with Gasteiger partial charge in [0.2, 0.25) is 0 Å². The molecule has 0 spiro atoms. The second-order valence-electron chi connectivity index (χ2n) is 7.45. The molecule has 0 radical (unpaired) electrons. The molecule has 24 heavy (non-hydrogen) atoms. The first kappa shape index (κ1) is 15.7. The van der Waals surface area contributed by atoms with Crippen molar-refractivity contribution in [1.82, 2.24) is 0 Å². The highest BCUT2D eigenvalue weighted by atomic mass is 16.5. The molecule has 1 heteroatoms. The van der Waals surface area contributed by atoms with E-state index in [2.05, 4.69) is 68.5 Å². The van der Waals surface area contributed by atoms with Crippen LogP contribution >= 0.6 is 0 Å². The molecule has 0 aromatic heterocycles. The Labute approximate surface area is 145 Å². The smallest absolute Gasteiger partial charge is 0.0643 e. The zero-order valence-corrected chi connectivity index (χ0v) is 14.7. The summed E-state index contributed by atoms with van der Waals surface area (Å²) >= 11 is 0. The predicted octanol–water partition coefficient (Wildman–Crippen LogP) is 5.49. The third kappa shape index (κ3) is 3.18. The first-order chi connectivity index (χ1) is 11.7. The Morgan fingerprint density at radius 3 is 2.46 bits per heavy atom. The van der Waals surface area contributed by atoms with Gasteiger partial charge >= 0.3 is 0 Å². The highest BCUT2D eigenvalue weighted by molar-refractivity contribution is 5.67. The molecular formula is C23H26O. The third-order valence-electron chi connectivity index (χ3n) is 5.59. The van der Waals surface area contributed by atoms with Gasteiger partial charge in [0.05, 0.1) is 12.7 Å². The van der Waals surface area contributed by atoms with Crippen molar-refractivity contribution < 1.29 is 4.74 Å². The average molecular weight is 318 g/mol. The Morgan fingerprint density at radius 2 is 1.79 bits per heavy atom. The second-order valence-corrected chi connectivity index (χ2v) is 7.45. The lowest BCUT2D eigenvalue weighted by Gasteiger charge is -2.18. The van der Waals surface area contributed by atoms with E-state index in [1.807, 2.05) is 0 Å². The van der Waals surface area contributed by atoms with Crippen LogP contribution in [0, 0.1) is 25.7 Å². The molecule has 2 bridgehead atoms. The monoisotopic (exact) mass is 318 g/mol. The molecule has 0 amide bonds. The maximum absolute atomic E-state index is 6.14. The summed E-state index contributed by atoms with van der Waals surface area (Å²) in [6.45, 7) is 5.17. The van der Waals surface area contributed by atoms with Crippen molar-refractivity contribution >= 4 is 0 Å². The fourth-order valence-corrected chi connectivity index (χ4v) is 4.24. The number of fused-ring (bicyclic) bond motifs is 2. The molecule has 3 atom stereocenters. The number of rotatable bonds is 5. The molecule has 3 unspecified atom stereocenters. The molecule has 0 saturated heterocycles. The fraction of sp³-hybridized carbons (Fsp3) is 0.391. The van der Waals surface area contributed by atoms with Crippen LogP contribution in [-0.2, 0) is 11.2 Å². The van der Waals surface area contributed by atoms with Gasteiger partial charge in [-0.25, -0.2) is 0 Å². The molecule has 4 rings (SSSR count). The summed E-state index contributed by atoms with van der Waals surface area (Å²) in [5.74, 6) is 1.47. The van der Waals surface area contributed by atoms with Gasteiger partial charge in [0.1, 0.15) is 0 Å². The number of hydrogen-bond acceptors (Lipinski definition) is 1. The number of allylic oxidation sites excluding steroid dienone is 1. The zero-order valence-electron chi connectivity index (χ0n) is 14.7. The van der Waals surface area contributed by atoms with Crippen molar-refractivity contribution in [3.63, 3.8) is 0 Å². The van der Waals surface area contributed by atoms with Crippen LogP contribution in [-0.4, -0.2) is 12.7 Å². The minimum atomic E-state index is 0.467. The summed E-state index contributed by atoms with van der Waals surface area (Å²) in [7, 11) is 0. The van der Waals surface area contributed by atoms with E-state index in [1.54, 1.807) is 0 Å².